The van der Waals surface area contributed by atoms with Gasteiger partial charge in [0.25, 0.3) is 5.91 Å². The van der Waals surface area contributed by atoms with Crippen molar-refractivity contribution in [2.75, 3.05) is 18.0 Å². The molecule has 2 aromatic carbocycles. The molecule has 0 aliphatic carbocycles. The van der Waals surface area contributed by atoms with Gasteiger partial charge >= 0.3 is 5.97 Å². The minimum absolute atomic E-state index is 0.0492. The number of halogens is 1. The second kappa shape index (κ2) is 11.0. The smallest absolute Gasteiger partial charge is 0.303 e. The summed E-state index contributed by atoms with van der Waals surface area (Å²) >= 11 is 6.66. The minimum Gasteiger partial charge on any atom is -0.481 e. The quantitative estimate of drug-likeness (QED) is 0.294. The number of aromatic nitrogens is 3. The highest BCUT2D eigenvalue weighted by molar-refractivity contribution is 6.34. The number of rotatable bonds is 9. The molecule has 2 amide bonds. The van der Waals surface area contributed by atoms with E-state index in [0.29, 0.717) is 28.3 Å². The van der Waals surface area contributed by atoms with Crippen molar-refractivity contribution in [3.05, 3.63) is 75.4 Å². The number of hydrogen-bond acceptors (Lipinski definition) is 7. The summed E-state index contributed by atoms with van der Waals surface area (Å²) in [6.45, 7) is 4.26. The molecular formula is C31H28ClN7O4. The fourth-order valence-corrected chi connectivity index (χ4v) is 6.09. The van der Waals surface area contributed by atoms with Gasteiger partial charge in [-0.05, 0) is 60.7 Å². The Labute approximate surface area is 252 Å². The zero-order valence-corrected chi connectivity index (χ0v) is 24.1. The molecule has 3 N–H and O–H groups in total. The molecule has 12 heteroatoms. The van der Waals surface area contributed by atoms with Crippen LogP contribution in [0.1, 0.15) is 52.0 Å². The first-order valence-corrected chi connectivity index (χ1v) is 14.3. The highest BCUT2D eigenvalue weighted by atomic mass is 35.5. The van der Waals surface area contributed by atoms with Crippen molar-refractivity contribution >= 4 is 46.2 Å². The van der Waals surface area contributed by atoms with E-state index in [1.807, 2.05) is 35.9 Å². The number of carboxylic acid groups (broad SMARTS) is 1. The first-order chi connectivity index (χ1) is 20.6. The van der Waals surface area contributed by atoms with E-state index in [9.17, 15) is 19.6 Å². The van der Waals surface area contributed by atoms with Crippen molar-refractivity contribution in [1.29, 1.82) is 5.26 Å². The Kier molecular flexibility index (Phi) is 7.23. The molecule has 4 aromatic rings. The summed E-state index contributed by atoms with van der Waals surface area (Å²) in [7, 11) is 0. The highest BCUT2D eigenvalue weighted by Crippen LogP contribution is 2.38. The van der Waals surface area contributed by atoms with E-state index in [1.54, 1.807) is 18.2 Å². The second-order valence-electron chi connectivity index (χ2n) is 10.9. The Bertz CT molecular complexity index is 1860. The predicted molar refractivity (Wildman–Crippen MR) is 160 cm³/mol. The summed E-state index contributed by atoms with van der Waals surface area (Å²) < 4.78 is 1.84. The second-order valence-corrected chi connectivity index (χ2v) is 11.3. The summed E-state index contributed by atoms with van der Waals surface area (Å²) in [5.74, 6) is -1.32. The molecule has 0 saturated carbocycles. The van der Waals surface area contributed by atoms with Gasteiger partial charge in [-0.2, -0.15) is 10.4 Å². The fraction of sp³-hybridized carbons (Fsp3) is 0.290. The third kappa shape index (κ3) is 5.15. The number of nitrogens with zero attached hydrogens (tertiary/aromatic N) is 6. The molecule has 0 spiro atoms. The number of carbonyl (C=O) groups excluding carboxylic acids is 2. The number of pyridine rings is 1. The van der Waals surface area contributed by atoms with E-state index in [0.717, 1.165) is 58.7 Å². The lowest BCUT2D eigenvalue weighted by molar-refractivity contribution is -0.137. The molecular weight excluding hydrogens is 570 g/mol. The number of carbonyl (C=O) groups is 3. The molecule has 1 atom stereocenters. The average molecular weight is 598 g/mol. The largest absolute Gasteiger partial charge is 0.481 e. The Morgan fingerprint density at radius 2 is 1.91 bits per heavy atom. The van der Waals surface area contributed by atoms with Crippen molar-refractivity contribution in [2.24, 2.45) is 5.73 Å². The van der Waals surface area contributed by atoms with Gasteiger partial charge in [0.2, 0.25) is 5.91 Å². The first kappa shape index (κ1) is 28.2. The van der Waals surface area contributed by atoms with E-state index in [1.165, 1.54) is 4.90 Å². The normalized spacial score (nSPS) is 14.9. The van der Waals surface area contributed by atoms with Crippen LogP contribution in [0.15, 0.2) is 42.5 Å². The van der Waals surface area contributed by atoms with Gasteiger partial charge < -0.3 is 20.6 Å². The third-order valence-electron chi connectivity index (χ3n) is 8.10. The number of fused-ring (bicyclic) bond motifs is 2. The van der Waals surface area contributed by atoms with E-state index >= 15 is 0 Å². The summed E-state index contributed by atoms with van der Waals surface area (Å²) in [6.07, 6.45) is 0.766. The number of aryl methyl sites for hydroxylation is 1. The molecule has 2 aliphatic rings. The van der Waals surface area contributed by atoms with Crippen molar-refractivity contribution in [3.63, 3.8) is 0 Å². The van der Waals surface area contributed by atoms with Crippen molar-refractivity contribution in [3.8, 4) is 17.2 Å². The molecule has 2 aliphatic heterocycles. The molecule has 43 heavy (non-hydrogen) atoms. The van der Waals surface area contributed by atoms with Gasteiger partial charge in [-0.1, -0.05) is 29.8 Å². The zero-order valence-electron chi connectivity index (χ0n) is 23.4. The van der Waals surface area contributed by atoms with Crippen LogP contribution in [0.4, 0.5) is 5.82 Å². The van der Waals surface area contributed by atoms with Crippen LogP contribution in [0, 0.1) is 18.3 Å². The van der Waals surface area contributed by atoms with E-state index in [2.05, 4.69) is 11.0 Å². The Morgan fingerprint density at radius 3 is 2.56 bits per heavy atom. The monoisotopic (exact) mass is 597 g/mol. The van der Waals surface area contributed by atoms with Crippen molar-refractivity contribution in [2.45, 2.75) is 45.3 Å². The molecule has 6 rings (SSSR count). The molecule has 1 fully saturated rings. The fourth-order valence-electron chi connectivity index (χ4n) is 5.80. The average Bonchev–Trinajstić information content (AvgIpc) is 3.42. The maximum absolute atomic E-state index is 13.1. The van der Waals surface area contributed by atoms with Crippen LogP contribution < -0.4 is 10.6 Å². The number of hydrogen-bond donors (Lipinski definition) is 2. The van der Waals surface area contributed by atoms with Crippen LogP contribution >= 0.6 is 11.6 Å². The Morgan fingerprint density at radius 1 is 1.14 bits per heavy atom. The standard InChI is InChI=1S/C31H28ClN7O4/c1-17-28-23(22-6-3-18(14-33)12-24(22)32)13-26(37-9-2-10-37)35-30(28)39(36-17)15-19-4-5-21-20(11-19)16-38(31(21)43)25(29(34)42)7-8-27(40)41/h3-6,11-13,25H,2,7-10,15-16H2,1H3,(H2,34,42)(H,40,41)/t25-/m0/s1. The zero-order chi connectivity index (χ0) is 30.4. The van der Waals surface area contributed by atoms with Crippen LogP contribution in [0.5, 0.6) is 0 Å². The topological polar surface area (TPSA) is 158 Å². The molecule has 0 bridgehead atoms. The molecule has 0 unspecified atom stereocenters. The van der Waals surface area contributed by atoms with Gasteiger partial charge in [0.15, 0.2) is 5.65 Å². The summed E-state index contributed by atoms with van der Waals surface area (Å²) in [6, 6.07) is 13.9. The predicted octanol–water partition coefficient (Wildman–Crippen LogP) is 3.86. The van der Waals surface area contributed by atoms with Gasteiger partial charge in [0.05, 0.1) is 23.9 Å². The van der Waals surface area contributed by atoms with Crippen molar-refractivity contribution < 1.29 is 19.5 Å². The van der Waals surface area contributed by atoms with E-state index in [4.69, 9.17) is 32.5 Å². The number of amides is 2. The molecule has 11 nitrogen and oxygen atoms in total. The van der Waals surface area contributed by atoms with Gasteiger partial charge in [0.1, 0.15) is 11.9 Å². The number of aliphatic carboxylic acids is 1. The van der Waals surface area contributed by atoms with E-state index < -0.39 is 17.9 Å². The van der Waals surface area contributed by atoms with Gasteiger partial charge in [0, 0.05) is 47.6 Å². The van der Waals surface area contributed by atoms with Crippen molar-refractivity contribution in [1.82, 2.24) is 19.7 Å². The maximum atomic E-state index is 13.1. The number of nitrogens with two attached hydrogens (primary N) is 1. The van der Waals surface area contributed by atoms with E-state index in [-0.39, 0.29) is 25.3 Å². The van der Waals surface area contributed by atoms with Gasteiger partial charge in [-0.3, -0.25) is 14.4 Å². The molecule has 4 heterocycles. The number of primary amides is 1. The number of anilines is 1. The summed E-state index contributed by atoms with van der Waals surface area (Å²) in [5, 5.41) is 24.6. The van der Waals surface area contributed by atoms with Crippen LogP contribution in [0.2, 0.25) is 5.02 Å². The summed E-state index contributed by atoms with van der Waals surface area (Å²) in [4.78, 5) is 44.9. The molecule has 218 valence electrons. The molecule has 2 aromatic heterocycles. The maximum Gasteiger partial charge on any atom is 0.303 e. The lowest BCUT2D eigenvalue weighted by Gasteiger charge is -2.32. The molecule has 1 saturated heterocycles. The lowest BCUT2D eigenvalue weighted by atomic mass is 10.00. The number of nitriles is 1. The Hall–Kier alpha value is -4.95. The van der Waals surface area contributed by atoms with Gasteiger partial charge in [-0.15, -0.1) is 0 Å². The van der Waals surface area contributed by atoms with Crippen LogP contribution in [0.25, 0.3) is 22.2 Å². The first-order valence-electron chi connectivity index (χ1n) is 13.9. The number of carboxylic acids is 1. The molecule has 0 radical (unpaired) electrons. The SMILES string of the molecule is Cc1nn(Cc2ccc3c(c2)CN([C@@H](CCC(=O)O)C(N)=O)C3=O)c2nc(N3CCC3)cc(-c3ccc(C#N)cc3Cl)c12. The van der Waals surface area contributed by atoms with Crippen LogP contribution in [0.3, 0.4) is 0 Å². The Balaban J connectivity index is 1.36. The minimum atomic E-state index is -1.06. The van der Waals surface area contributed by atoms with Gasteiger partial charge in [-0.25, -0.2) is 9.67 Å². The highest BCUT2D eigenvalue weighted by Gasteiger charge is 2.35. The van der Waals surface area contributed by atoms with Crippen LogP contribution in [-0.2, 0) is 22.7 Å². The summed E-state index contributed by atoms with van der Waals surface area (Å²) in [5.41, 5.74) is 11.2. The van der Waals surface area contributed by atoms with Crippen LogP contribution in [-0.4, -0.2) is 61.7 Å². The third-order valence-corrected chi connectivity index (χ3v) is 8.42. The number of benzene rings is 2. The lowest BCUT2D eigenvalue weighted by Crippen LogP contribution is -2.45.